The second-order valence-corrected chi connectivity index (χ2v) is 5.02. The lowest BCUT2D eigenvalue weighted by Crippen LogP contribution is -2.02. The van der Waals surface area contributed by atoms with E-state index >= 15 is 0 Å². The minimum atomic E-state index is 0.610. The lowest BCUT2D eigenvalue weighted by molar-refractivity contribution is 0.313. The molecule has 0 bridgehead atoms. The van der Waals surface area contributed by atoms with Gasteiger partial charge in [-0.2, -0.15) is 0 Å². The van der Waals surface area contributed by atoms with Gasteiger partial charge in [-0.3, -0.25) is 0 Å². The van der Waals surface area contributed by atoms with Gasteiger partial charge in [0.1, 0.15) is 0 Å². The van der Waals surface area contributed by atoms with E-state index in [2.05, 4.69) is 0 Å². The summed E-state index contributed by atoms with van der Waals surface area (Å²) in [6, 6.07) is 15.5. The van der Waals surface area contributed by atoms with Gasteiger partial charge in [0.2, 0.25) is 0 Å². The van der Waals surface area contributed by atoms with Gasteiger partial charge >= 0.3 is 0 Å². The molecular weight excluding hydrogens is 258 g/mol. The molecule has 0 heterocycles. The number of hydrogen-bond acceptors (Lipinski definition) is 4. The molecule has 0 aliphatic carbocycles. The molecule has 2 aromatic rings. The van der Waals surface area contributed by atoms with Crippen molar-refractivity contribution in [3.63, 3.8) is 0 Å². The largest absolute Gasteiger partial charge is 0.493 e. The monoisotopic (exact) mass is 275 g/mol. The van der Waals surface area contributed by atoms with Crippen LogP contribution in [0.3, 0.4) is 0 Å². The summed E-state index contributed by atoms with van der Waals surface area (Å²) < 4.78 is 10.9. The molecule has 0 amide bonds. The van der Waals surface area contributed by atoms with Gasteiger partial charge in [0.25, 0.3) is 0 Å². The fraction of sp³-hybridized carbons (Fsp3) is 0.200. The van der Waals surface area contributed by atoms with Crippen molar-refractivity contribution in [1.29, 1.82) is 0 Å². The number of hydrogen-bond donors (Lipinski definition) is 1. The third kappa shape index (κ3) is 3.83. The van der Waals surface area contributed by atoms with Crippen molar-refractivity contribution in [1.82, 2.24) is 0 Å². The van der Waals surface area contributed by atoms with Crippen LogP contribution in [0, 0.1) is 0 Å². The summed E-state index contributed by atoms with van der Waals surface area (Å²) in [4.78, 5) is 1.09. The van der Waals surface area contributed by atoms with Gasteiger partial charge in [0.05, 0.1) is 13.7 Å². The summed E-state index contributed by atoms with van der Waals surface area (Å²) in [5, 5.41) is 0. The molecule has 19 heavy (non-hydrogen) atoms. The fourth-order valence-corrected chi connectivity index (χ4v) is 2.45. The highest BCUT2D eigenvalue weighted by Gasteiger charge is 2.03. The predicted octanol–water partition coefficient (Wildman–Crippen LogP) is 3.45. The first-order chi connectivity index (χ1) is 9.31. The Hall–Kier alpha value is -1.81. The molecule has 0 aromatic heterocycles. The summed E-state index contributed by atoms with van der Waals surface area (Å²) in [6.07, 6.45) is 0. The maximum Gasteiger partial charge on any atom is 0.161 e. The van der Waals surface area contributed by atoms with Crippen LogP contribution in [-0.2, 0) is 0 Å². The lowest BCUT2D eigenvalue weighted by atomic mass is 10.3. The quantitative estimate of drug-likeness (QED) is 0.498. The van der Waals surface area contributed by atoms with E-state index in [1.54, 1.807) is 18.9 Å². The van der Waals surface area contributed by atoms with Gasteiger partial charge in [-0.25, -0.2) is 0 Å². The number of rotatable bonds is 6. The average Bonchev–Trinajstić information content (AvgIpc) is 2.45. The Morgan fingerprint density at radius 3 is 2.42 bits per heavy atom. The number of ether oxygens (including phenoxy) is 2. The van der Waals surface area contributed by atoms with Crippen LogP contribution in [0.4, 0.5) is 5.69 Å². The van der Waals surface area contributed by atoms with Crippen LogP contribution in [0.5, 0.6) is 11.5 Å². The first-order valence-electron chi connectivity index (χ1n) is 6.04. The van der Waals surface area contributed by atoms with Crippen molar-refractivity contribution in [2.24, 2.45) is 0 Å². The molecular formula is C15H17NO2S. The van der Waals surface area contributed by atoms with Gasteiger partial charge in [0.15, 0.2) is 11.5 Å². The van der Waals surface area contributed by atoms with Gasteiger partial charge in [-0.1, -0.05) is 24.3 Å². The van der Waals surface area contributed by atoms with Crippen LogP contribution in [0.15, 0.2) is 53.4 Å². The summed E-state index contributed by atoms with van der Waals surface area (Å²) in [6.45, 7) is 0.610. The van der Waals surface area contributed by atoms with Gasteiger partial charge in [0, 0.05) is 16.3 Å². The Morgan fingerprint density at radius 1 is 1.00 bits per heavy atom. The summed E-state index contributed by atoms with van der Waals surface area (Å²) in [7, 11) is 1.64. The van der Waals surface area contributed by atoms with Gasteiger partial charge in [-0.05, 0) is 24.3 Å². The number of methoxy groups -OCH3 is 1. The zero-order valence-electron chi connectivity index (χ0n) is 10.8. The standard InChI is InChI=1S/C15H17NO2S/c1-17-13-7-3-4-8-14(13)18-10-11-19-15-9-5-2-6-12(15)16/h2-9H,10-11,16H2,1H3. The zero-order valence-corrected chi connectivity index (χ0v) is 11.7. The number of para-hydroxylation sites is 3. The Morgan fingerprint density at radius 2 is 1.68 bits per heavy atom. The van der Waals surface area contributed by atoms with Crippen molar-refractivity contribution >= 4 is 17.4 Å². The van der Waals surface area contributed by atoms with Crippen molar-refractivity contribution in [3.8, 4) is 11.5 Å². The Balaban J connectivity index is 1.83. The second kappa shape index (κ2) is 6.95. The molecule has 0 aliphatic heterocycles. The van der Waals surface area contributed by atoms with E-state index in [1.807, 2.05) is 48.5 Å². The third-order valence-electron chi connectivity index (χ3n) is 2.59. The molecule has 0 saturated carbocycles. The third-order valence-corrected chi connectivity index (χ3v) is 3.64. The molecule has 2 N–H and O–H groups in total. The Kier molecular flexibility index (Phi) is 4.98. The maximum absolute atomic E-state index is 5.88. The minimum absolute atomic E-state index is 0.610. The molecule has 0 saturated heterocycles. The van der Waals surface area contributed by atoms with E-state index in [1.165, 1.54) is 0 Å². The molecule has 3 nitrogen and oxygen atoms in total. The first-order valence-corrected chi connectivity index (χ1v) is 7.03. The van der Waals surface area contributed by atoms with E-state index in [0.29, 0.717) is 6.61 Å². The molecule has 0 aliphatic rings. The summed E-state index contributed by atoms with van der Waals surface area (Å²) in [5.74, 6) is 2.37. The minimum Gasteiger partial charge on any atom is -0.493 e. The SMILES string of the molecule is COc1ccccc1OCCSc1ccccc1N. The smallest absolute Gasteiger partial charge is 0.161 e. The highest BCUT2D eigenvalue weighted by atomic mass is 32.2. The number of benzene rings is 2. The Labute approximate surface area is 117 Å². The number of thioether (sulfide) groups is 1. The highest BCUT2D eigenvalue weighted by Crippen LogP contribution is 2.27. The highest BCUT2D eigenvalue weighted by molar-refractivity contribution is 7.99. The average molecular weight is 275 g/mol. The van der Waals surface area contributed by atoms with Crippen LogP contribution >= 0.6 is 11.8 Å². The first kappa shape index (κ1) is 13.6. The maximum atomic E-state index is 5.88. The van der Waals surface area contributed by atoms with Crippen molar-refractivity contribution in [3.05, 3.63) is 48.5 Å². The van der Waals surface area contributed by atoms with Crippen molar-refractivity contribution in [2.75, 3.05) is 25.2 Å². The molecule has 0 unspecified atom stereocenters. The normalized spacial score (nSPS) is 10.2. The molecule has 0 radical (unpaired) electrons. The van der Waals surface area contributed by atoms with Crippen LogP contribution in [-0.4, -0.2) is 19.5 Å². The second-order valence-electron chi connectivity index (χ2n) is 3.89. The number of nitrogen functional groups attached to an aromatic ring is 1. The van der Waals surface area contributed by atoms with E-state index < -0.39 is 0 Å². The molecule has 100 valence electrons. The van der Waals surface area contributed by atoms with E-state index in [9.17, 15) is 0 Å². The number of nitrogens with two attached hydrogens (primary N) is 1. The Bertz CT molecular complexity index is 531. The number of anilines is 1. The van der Waals surface area contributed by atoms with E-state index in [4.69, 9.17) is 15.2 Å². The van der Waals surface area contributed by atoms with Crippen molar-refractivity contribution in [2.45, 2.75) is 4.90 Å². The zero-order chi connectivity index (χ0) is 13.5. The topological polar surface area (TPSA) is 44.5 Å². The van der Waals surface area contributed by atoms with Gasteiger partial charge in [-0.15, -0.1) is 11.8 Å². The molecule has 0 fully saturated rings. The fourth-order valence-electron chi connectivity index (χ4n) is 1.65. The lowest BCUT2D eigenvalue weighted by Gasteiger charge is -2.10. The van der Waals surface area contributed by atoms with Crippen LogP contribution in [0.25, 0.3) is 0 Å². The summed E-state index contributed by atoms with van der Waals surface area (Å²) >= 11 is 1.69. The summed E-state index contributed by atoms with van der Waals surface area (Å²) in [5.41, 5.74) is 6.69. The van der Waals surface area contributed by atoms with E-state index in [0.717, 1.165) is 27.8 Å². The van der Waals surface area contributed by atoms with Gasteiger partial charge < -0.3 is 15.2 Å². The van der Waals surface area contributed by atoms with Crippen LogP contribution in [0.2, 0.25) is 0 Å². The van der Waals surface area contributed by atoms with Crippen LogP contribution in [0.1, 0.15) is 0 Å². The molecule has 2 rings (SSSR count). The molecule has 0 spiro atoms. The molecule has 2 aromatic carbocycles. The molecule has 0 atom stereocenters. The molecule has 4 heteroatoms. The van der Waals surface area contributed by atoms with E-state index in [-0.39, 0.29) is 0 Å². The van der Waals surface area contributed by atoms with Crippen LogP contribution < -0.4 is 15.2 Å². The predicted molar refractivity (Wildman–Crippen MR) is 80.1 cm³/mol. The van der Waals surface area contributed by atoms with Crippen molar-refractivity contribution < 1.29 is 9.47 Å².